The number of nitrogen functional groups attached to an aromatic ring is 2. The van der Waals surface area contributed by atoms with Crippen LogP contribution in [0.4, 0.5) is 17.5 Å². The standard InChI is InChI=1S/C26H27N5O/c1-18-7-9-19(10-8-18)15-29-22-13-11-21(12-14-22)24-23(30-26(28)31-25(24)27)17-32-16-20-5-3-2-4-6-20/h2-14,29H,15-17H2,1H3,(H4,27,28,30,31). The van der Waals surface area contributed by atoms with Crippen LogP contribution in [0.5, 0.6) is 0 Å². The number of rotatable bonds is 8. The zero-order valence-corrected chi connectivity index (χ0v) is 18.1. The number of nitrogens with two attached hydrogens (primary N) is 2. The highest BCUT2D eigenvalue weighted by molar-refractivity contribution is 5.77. The minimum Gasteiger partial charge on any atom is -0.383 e. The first kappa shape index (κ1) is 21.3. The highest BCUT2D eigenvalue weighted by Gasteiger charge is 2.14. The molecule has 5 N–H and O–H groups in total. The van der Waals surface area contributed by atoms with Gasteiger partial charge in [0.2, 0.25) is 5.95 Å². The fourth-order valence-electron chi connectivity index (χ4n) is 3.47. The van der Waals surface area contributed by atoms with Crippen molar-refractivity contribution < 1.29 is 4.74 Å². The van der Waals surface area contributed by atoms with Crippen LogP contribution in [0.1, 0.15) is 22.4 Å². The van der Waals surface area contributed by atoms with Crippen LogP contribution < -0.4 is 16.8 Å². The summed E-state index contributed by atoms with van der Waals surface area (Å²) in [4.78, 5) is 8.55. The monoisotopic (exact) mass is 425 g/mol. The van der Waals surface area contributed by atoms with Crippen molar-refractivity contribution in [3.63, 3.8) is 0 Å². The van der Waals surface area contributed by atoms with E-state index in [4.69, 9.17) is 16.2 Å². The molecule has 0 aliphatic carbocycles. The molecule has 0 spiro atoms. The van der Waals surface area contributed by atoms with Gasteiger partial charge in [-0.15, -0.1) is 0 Å². The van der Waals surface area contributed by atoms with Crippen LogP contribution in [0, 0.1) is 6.92 Å². The maximum atomic E-state index is 6.22. The number of hydrogen-bond donors (Lipinski definition) is 3. The molecular weight excluding hydrogens is 398 g/mol. The Morgan fingerprint density at radius 3 is 2.22 bits per heavy atom. The Morgan fingerprint density at radius 2 is 1.50 bits per heavy atom. The van der Waals surface area contributed by atoms with Gasteiger partial charge in [0.15, 0.2) is 0 Å². The van der Waals surface area contributed by atoms with E-state index in [9.17, 15) is 0 Å². The number of hydrogen-bond acceptors (Lipinski definition) is 6. The lowest BCUT2D eigenvalue weighted by molar-refractivity contribution is 0.105. The van der Waals surface area contributed by atoms with Crippen molar-refractivity contribution in [3.05, 3.63) is 101 Å². The number of ether oxygens (including phenoxy) is 1. The molecule has 0 amide bonds. The Kier molecular flexibility index (Phi) is 6.63. The number of nitrogens with one attached hydrogen (secondary N) is 1. The van der Waals surface area contributed by atoms with Gasteiger partial charge in [-0.05, 0) is 35.7 Å². The van der Waals surface area contributed by atoms with Gasteiger partial charge < -0.3 is 21.5 Å². The summed E-state index contributed by atoms with van der Waals surface area (Å²) in [7, 11) is 0. The second-order valence-electron chi connectivity index (χ2n) is 7.68. The third-order valence-corrected chi connectivity index (χ3v) is 5.17. The minimum absolute atomic E-state index is 0.140. The predicted octanol–water partition coefficient (Wildman–Crippen LogP) is 4.95. The first-order valence-electron chi connectivity index (χ1n) is 10.5. The summed E-state index contributed by atoms with van der Waals surface area (Å²) < 4.78 is 5.88. The molecule has 0 radical (unpaired) electrons. The third kappa shape index (κ3) is 5.42. The van der Waals surface area contributed by atoms with Crippen LogP contribution in [0.2, 0.25) is 0 Å². The Balaban J connectivity index is 1.47. The molecule has 0 saturated heterocycles. The Morgan fingerprint density at radius 1 is 0.781 bits per heavy atom. The van der Waals surface area contributed by atoms with E-state index in [0.717, 1.165) is 28.9 Å². The van der Waals surface area contributed by atoms with E-state index in [-0.39, 0.29) is 12.6 Å². The number of nitrogens with zero attached hydrogens (tertiary/aromatic N) is 2. The van der Waals surface area contributed by atoms with Crippen molar-refractivity contribution in [1.29, 1.82) is 0 Å². The van der Waals surface area contributed by atoms with E-state index in [0.29, 0.717) is 18.1 Å². The maximum Gasteiger partial charge on any atom is 0.222 e. The number of aryl methyl sites for hydroxylation is 1. The second kappa shape index (κ2) is 9.94. The van der Waals surface area contributed by atoms with E-state index in [2.05, 4.69) is 46.5 Å². The number of benzene rings is 3. The quantitative estimate of drug-likeness (QED) is 0.370. The van der Waals surface area contributed by atoms with Crippen LogP contribution in [0.25, 0.3) is 11.1 Å². The topological polar surface area (TPSA) is 99.1 Å². The highest BCUT2D eigenvalue weighted by atomic mass is 16.5. The molecule has 0 atom stereocenters. The van der Waals surface area contributed by atoms with Gasteiger partial charge >= 0.3 is 0 Å². The Hall–Kier alpha value is -3.90. The van der Waals surface area contributed by atoms with Crippen LogP contribution in [-0.4, -0.2) is 9.97 Å². The van der Waals surface area contributed by atoms with Crippen molar-refractivity contribution in [2.45, 2.75) is 26.7 Å². The molecular formula is C26H27N5O. The lowest BCUT2D eigenvalue weighted by atomic mass is 10.0. The molecule has 0 aliphatic rings. The number of aromatic nitrogens is 2. The van der Waals surface area contributed by atoms with E-state index in [1.54, 1.807) is 0 Å². The van der Waals surface area contributed by atoms with Gasteiger partial charge in [0.05, 0.1) is 18.9 Å². The lowest BCUT2D eigenvalue weighted by Crippen LogP contribution is -2.08. The van der Waals surface area contributed by atoms with Crippen molar-refractivity contribution in [2.75, 3.05) is 16.8 Å². The van der Waals surface area contributed by atoms with E-state index in [1.807, 2.05) is 54.6 Å². The molecule has 0 bridgehead atoms. The molecule has 0 aliphatic heterocycles. The molecule has 6 nitrogen and oxygen atoms in total. The van der Waals surface area contributed by atoms with Gasteiger partial charge in [0.25, 0.3) is 0 Å². The first-order valence-corrected chi connectivity index (χ1v) is 10.5. The molecule has 0 fully saturated rings. The molecule has 0 unspecified atom stereocenters. The fourth-order valence-corrected chi connectivity index (χ4v) is 3.47. The first-order chi connectivity index (χ1) is 15.6. The van der Waals surface area contributed by atoms with Gasteiger partial charge in [-0.1, -0.05) is 72.3 Å². The van der Waals surface area contributed by atoms with Crippen LogP contribution in [-0.2, 0) is 24.5 Å². The molecule has 1 aromatic heterocycles. The zero-order valence-electron chi connectivity index (χ0n) is 18.1. The van der Waals surface area contributed by atoms with E-state index in [1.165, 1.54) is 11.1 Å². The van der Waals surface area contributed by atoms with Gasteiger partial charge in [-0.25, -0.2) is 4.98 Å². The van der Waals surface area contributed by atoms with Gasteiger partial charge in [0, 0.05) is 17.8 Å². The van der Waals surface area contributed by atoms with Crippen LogP contribution in [0.15, 0.2) is 78.9 Å². The smallest absolute Gasteiger partial charge is 0.222 e. The zero-order chi connectivity index (χ0) is 22.3. The summed E-state index contributed by atoms with van der Waals surface area (Å²) in [5, 5.41) is 3.44. The summed E-state index contributed by atoms with van der Waals surface area (Å²) in [6.07, 6.45) is 0. The van der Waals surface area contributed by atoms with Crippen molar-refractivity contribution >= 4 is 17.5 Å². The average Bonchev–Trinajstić information content (AvgIpc) is 2.80. The molecule has 4 rings (SSSR count). The average molecular weight is 426 g/mol. The van der Waals surface area contributed by atoms with E-state index < -0.39 is 0 Å². The summed E-state index contributed by atoms with van der Waals surface area (Å²) in [6.45, 7) is 3.61. The van der Waals surface area contributed by atoms with Gasteiger partial charge in [-0.2, -0.15) is 4.98 Å². The van der Waals surface area contributed by atoms with Gasteiger partial charge in [0.1, 0.15) is 5.82 Å². The summed E-state index contributed by atoms with van der Waals surface area (Å²) >= 11 is 0. The highest BCUT2D eigenvalue weighted by Crippen LogP contribution is 2.30. The van der Waals surface area contributed by atoms with Crippen LogP contribution in [0.3, 0.4) is 0 Å². The third-order valence-electron chi connectivity index (χ3n) is 5.17. The molecule has 6 heteroatoms. The largest absolute Gasteiger partial charge is 0.383 e. The summed E-state index contributed by atoms with van der Waals surface area (Å²) in [6, 6.07) is 26.5. The summed E-state index contributed by atoms with van der Waals surface area (Å²) in [5.41, 5.74) is 19.0. The van der Waals surface area contributed by atoms with Crippen molar-refractivity contribution in [3.8, 4) is 11.1 Å². The summed E-state index contributed by atoms with van der Waals surface area (Å²) in [5.74, 6) is 0.483. The predicted molar refractivity (Wildman–Crippen MR) is 130 cm³/mol. The van der Waals surface area contributed by atoms with Crippen molar-refractivity contribution in [2.24, 2.45) is 0 Å². The Labute approximate surface area is 188 Å². The molecule has 1 heterocycles. The maximum absolute atomic E-state index is 6.22. The van der Waals surface area contributed by atoms with E-state index >= 15 is 0 Å². The molecule has 3 aromatic carbocycles. The van der Waals surface area contributed by atoms with Crippen molar-refractivity contribution in [1.82, 2.24) is 9.97 Å². The molecule has 4 aromatic rings. The van der Waals surface area contributed by atoms with Gasteiger partial charge in [-0.3, -0.25) is 0 Å². The molecule has 162 valence electrons. The number of anilines is 3. The lowest BCUT2D eigenvalue weighted by Gasteiger charge is -2.14. The second-order valence-corrected chi connectivity index (χ2v) is 7.68. The normalized spacial score (nSPS) is 10.8. The molecule has 0 saturated carbocycles. The SMILES string of the molecule is Cc1ccc(CNc2ccc(-c3c(N)nc(N)nc3COCc3ccccc3)cc2)cc1. The minimum atomic E-state index is 0.140. The fraction of sp³-hybridized carbons (Fsp3) is 0.154. The van der Waals surface area contributed by atoms with Crippen LogP contribution >= 0.6 is 0 Å². The Bertz CT molecular complexity index is 1160. The molecule has 32 heavy (non-hydrogen) atoms.